The van der Waals surface area contributed by atoms with Crippen molar-refractivity contribution in [2.24, 2.45) is 0 Å². The number of pyridine rings is 4. The van der Waals surface area contributed by atoms with Gasteiger partial charge in [0.1, 0.15) is 18.2 Å². The van der Waals surface area contributed by atoms with Gasteiger partial charge in [0.15, 0.2) is 11.3 Å². The van der Waals surface area contributed by atoms with E-state index in [4.69, 9.17) is 23.5 Å². The van der Waals surface area contributed by atoms with Gasteiger partial charge in [0, 0.05) is 168 Å². The number of benzene rings is 4. The average Bonchev–Trinajstić information content (AvgIpc) is 1.75. The molecular weight excluding hydrogens is 1400 g/mol. The molecule has 6 aromatic heterocycles. The fourth-order valence-electron chi connectivity index (χ4n) is 13.3. The molecule has 3 N–H and O–H groups in total. The summed E-state index contributed by atoms with van der Waals surface area (Å²) in [5, 5.41) is 17.3. The first-order chi connectivity index (χ1) is 50.5. The number of carbonyl (C=O) groups excluding carboxylic acids is 5. The number of hydrogen-bond acceptors (Lipinski definition) is 19. The van der Waals surface area contributed by atoms with Crippen molar-refractivity contribution in [1.29, 1.82) is 0 Å². The normalized spacial score (nSPS) is 16.0. The van der Waals surface area contributed by atoms with Crippen LogP contribution in [0.5, 0.6) is 0 Å². The quantitative estimate of drug-likeness (QED) is 0.0637. The van der Waals surface area contributed by atoms with E-state index in [0.29, 0.717) is 128 Å². The Morgan fingerprint density at radius 3 is 1.55 bits per heavy atom. The Balaban J connectivity index is 0.000000146. The molecule has 5 aliphatic rings. The van der Waals surface area contributed by atoms with Gasteiger partial charge in [0.25, 0.3) is 23.6 Å². The van der Waals surface area contributed by atoms with E-state index in [1.54, 1.807) is 68.7 Å². The number of halogens is 1. The molecule has 542 valence electrons. The molecule has 5 aliphatic heterocycles. The maximum absolute atomic E-state index is 13.7. The van der Waals surface area contributed by atoms with Crippen molar-refractivity contribution in [3.63, 3.8) is 0 Å². The smallest absolute Gasteiger partial charge is 0.461 e. The number of hydrogen-bond donors (Lipinski definition) is 3. The van der Waals surface area contributed by atoms with E-state index < -0.39 is 18.3 Å². The summed E-state index contributed by atoms with van der Waals surface area (Å²) in [4.78, 5) is 93.2. The van der Waals surface area contributed by atoms with E-state index in [9.17, 15) is 29.1 Å². The van der Waals surface area contributed by atoms with Crippen molar-refractivity contribution in [3.8, 4) is 11.1 Å². The van der Waals surface area contributed by atoms with Gasteiger partial charge in [-0.15, -0.1) is 0 Å². The van der Waals surface area contributed by atoms with Crippen LogP contribution < -0.4 is 35.7 Å². The Kier molecular flexibility index (Phi) is 21.5. The average molecular weight is 1480 g/mol. The van der Waals surface area contributed by atoms with Crippen LogP contribution in [0.1, 0.15) is 98.3 Å². The van der Waals surface area contributed by atoms with Gasteiger partial charge in [-0.05, 0) is 164 Å². The summed E-state index contributed by atoms with van der Waals surface area (Å²) in [7, 11) is 7.32. The zero-order chi connectivity index (χ0) is 73.8. The van der Waals surface area contributed by atoms with Crippen molar-refractivity contribution in [2.75, 3.05) is 124 Å². The fraction of sp³-hybridized carbons (Fsp3) is 0.321. The van der Waals surface area contributed by atoms with Gasteiger partial charge >= 0.3 is 13.1 Å². The molecule has 0 spiro atoms. The maximum Gasteiger partial charge on any atom is 0.495 e. The Morgan fingerprint density at radius 2 is 1.08 bits per heavy atom. The van der Waals surface area contributed by atoms with Crippen LogP contribution in [0, 0.1) is 0 Å². The lowest BCUT2D eigenvalue weighted by atomic mass is 9.75. The Labute approximate surface area is 617 Å². The molecule has 105 heavy (non-hydrogen) atoms. The lowest BCUT2D eigenvalue weighted by Gasteiger charge is -2.32. The largest absolute Gasteiger partial charge is 0.495 e. The fourth-order valence-corrected chi connectivity index (χ4v) is 13.8. The number of aliphatic hydroxyl groups is 1. The van der Waals surface area contributed by atoms with Gasteiger partial charge in [0.2, 0.25) is 0 Å². The minimum atomic E-state index is -0.634. The SMILES string of the molecule is CC(=O)OCc1c(B2OC(C)(C)C(C)(C)O2)cccc1N1CCc2cc(N(C)C)ccc2C1=O.CN(C)c1ccc2c(c1)CCN(c1cccc(-c3cc(Nc4ccc(C(=O)N5CCOCC5)cn4)c4nccn4c3)c1CO)C2=O.O=C(c1ccc(Nc2cc(Br)cn3ccnc23)nc1)N1CCOCC1. The summed E-state index contributed by atoms with van der Waals surface area (Å²) in [6.07, 6.45) is 15.7. The second kappa shape index (κ2) is 31.0. The number of carbonyl (C=O) groups is 5. The Morgan fingerprint density at radius 1 is 0.590 bits per heavy atom. The second-order valence-corrected chi connectivity index (χ2v) is 28.4. The van der Waals surface area contributed by atoms with Crippen LogP contribution in [0.15, 0.2) is 163 Å². The topological polar surface area (TPSA) is 256 Å². The van der Waals surface area contributed by atoms with Crippen molar-refractivity contribution in [1.82, 2.24) is 38.5 Å². The number of esters is 1. The van der Waals surface area contributed by atoms with Gasteiger partial charge in [-0.3, -0.25) is 24.0 Å². The number of aromatic nitrogens is 6. The van der Waals surface area contributed by atoms with Crippen molar-refractivity contribution >= 4 is 115 Å². The Bertz CT molecular complexity index is 4880. The molecule has 3 fully saturated rings. The highest BCUT2D eigenvalue weighted by atomic mass is 79.9. The van der Waals surface area contributed by atoms with Crippen molar-refractivity contribution in [2.45, 2.75) is 71.9 Å². The highest BCUT2D eigenvalue weighted by Crippen LogP contribution is 2.40. The third kappa shape index (κ3) is 15.7. The van der Waals surface area contributed by atoms with Crippen LogP contribution in [0.4, 0.5) is 45.8 Å². The van der Waals surface area contributed by atoms with E-state index in [2.05, 4.69) is 58.6 Å². The van der Waals surface area contributed by atoms with Gasteiger partial charge in [-0.2, -0.15) is 0 Å². The minimum Gasteiger partial charge on any atom is -0.461 e. The number of ether oxygens (including phenoxy) is 3. The van der Waals surface area contributed by atoms with Crippen molar-refractivity contribution in [3.05, 3.63) is 208 Å². The lowest BCUT2D eigenvalue weighted by molar-refractivity contribution is -0.142. The Hall–Kier alpha value is -10.5. The molecule has 27 heteroatoms. The number of fused-ring (bicyclic) bond motifs is 4. The van der Waals surface area contributed by atoms with Gasteiger partial charge in [-0.25, -0.2) is 19.9 Å². The number of imidazole rings is 2. The molecule has 4 amide bonds. The van der Waals surface area contributed by atoms with Crippen molar-refractivity contribution < 1.29 is 52.6 Å². The standard InChI is InChI=1S/C35H35N7O4.C26H33BN2O5.C17H16BrN5O2/c1-39(2)26-7-8-28-23(18-26)10-12-42(35(28)45)31-5-3-4-27(29(31)22-43)25-19-30(33-36-11-13-41(33)21-25)38-32-9-6-24(20-37-32)34(44)40-14-16-46-17-15-40;1-17(30)32-16-21-22(27-33-25(2,3)26(4,5)34-27)9-8-10-23(21)29-14-13-18-15-19(28(6)7)11-12-20(18)24(29)31;18-13-9-14(16-19-3-4-23(16)11-13)21-15-2-1-12(10-20-15)17(24)22-5-7-25-8-6-22/h3-9,11,13,18-21,43H,10,12,14-17,22H2,1-2H3,(H,37,38);8-12,15H,13-14,16H2,1-7H3;1-4,9-11H,5-8H2,(H,20,21). The molecule has 10 aromatic rings. The molecule has 4 aromatic carbocycles. The van der Waals surface area contributed by atoms with Crippen LogP contribution in [0.2, 0.25) is 0 Å². The number of nitrogens with zero attached hydrogens (tertiary/aromatic N) is 12. The summed E-state index contributed by atoms with van der Waals surface area (Å²) in [5.41, 5.74) is 13.9. The van der Waals surface area contributed by atoms with Crippen LogP contribution in [0.25, 0.3) is 22.4 Å². The minimum absolute atomic E-state index is 0.0135. The number of amides is 4. The van der Waals surface area contributed by atoms with Crippen LogP contribution in [-0.2, 0) is 54.4 Å². The van der Waals surface area contributed by atoms with E-state index in [0.717, 1.165) is 73.3 Å². The summed E-state index contributed by atoms with van der Waals surface area (Å²) in [6, 6.07) is 34.4. The van der Waals surface area contributed by atoms with E-state index >= 15 is 0 Å². The van der Waals surface area contributed by atoms with E-state index in [-0.39, 0.29) is 42.8 Å². The van der Waals surface area contributed by atoms with Gasteiger partial charge in [0.05, 0.1) is 78.1 Å². The number of anilines is 8. The third-order valence-corrected chi connectivity index (χ3v) is 20.2. The number of rotatable bonds is 15. The molecule has 0 unspecified atom stereocenters. The molecule has 25 nitrogen and oxygen atoms in total. The molecule has 3 saturated heterocycles. The number of morpholine rings is 2. The highest BCUT2D eigenvalue weighted by Gasteiger charge is 2.52. The number of aliphatic hydroxyl groups excluding tert-OH is 1. The summed E-state index contributed by atoms with van der Waals surface area (Å²) in [5.74, 6) is 0.606. The molecule has 0 aliphatic carbocycles. The molecule has 15 rings (SSSR count). The second-order valence-electron chi connectivity index (χ2n) is 27.5. The summed E-state index contributed by atoms with van der Waals surface area (Å²) < 4.78 is 33.4. The first-order valence-electron chi connectivity index (χ1n) is 34.9. The first kappa shape index (κ1) is 72.8. The van der Waals surface area contributed by atoms with Crippen LogP contribution >= 0.6 is 15.9 Å². The summed E-state index contributed by atoms with van der Waals surface area (Å²) in [6.45, 7) is 14.8. The molecule has 0 atom stereocenters. The highest BCUT2D eigenvalue weighted by molar-refractivity contribution is 9.10. The zero-order valence-electron chi connectivity index (χ0n) is 60.3. The monoisotopic (exact) mass is 1480 g/mol. The lowest BCUT2D eigenvalue weighted by Crippen LogP contribution is -2.42. The first-order valence-corrected chi connectivity index (χ1v) is 35.7. The molecular formula is C78H84BBrN14O11. The molecule has 0 radical (unpaired) electrons. The van der Waals surface area contributed by atoms with E-state index in [1.165, 1.54) is 6.92 Å². The summed E-state index contributed by atoms with van der Waals surface area (Å²) >= 11 is 3.49. The predicted octanol–water partition coefficient (Wildman–Crippen LogP) is 10.4. The maximum atomic E-state index is 13.7. The van der Waals surface area contributed by atoms with Gasteiger partial charge in [-0.1, -0.05) is 24.3 Å². The third-order valence-electron chi connectivity index (χ3n) is 19.8. The van der Waals surface area contributed by atoms with Crippen LogP contribution in [0.3, 0.4) is 0 Å². The van der Waals surface area contributed by atoms with Gasteiger partial charge < -0.3 is 77.5 Å². The van der Waals surface area contributed by atoms with E-state index in [1.807, 2.05) is 172 Å². The number of nitrogens with one attached hydrogen (secondary N) is 2. The molecule has 11 heterocycles. The molecule has 0 saturated carbocycles. The zero-order valence-corrected chi connectivity index (χ0v) is 61.8. The predicted molar refractivity (Wildman–Crippen MR) is 408 cm³/mol. The molecule has 0 bridgehead atoms. The van der Waals surface area contributed by atoms with Crippen LogP contribution in [-0.4, -0.2) is 185 Å².